The zero-order valence-electron chi connectivity index (χ0n) is 15.8. The maximum atomic E-state index is 13.0. The van der Waals surface area contributed by atoms with Gasteiger partial charge >= 0.3 is 5.97 Å². The van der Waals surface area contributed by atoms with Gasteiger partial charge in [0.05, 0.1) is 6.61 Å². The van der Waals surface area contributed by atoms with E-state index >= 15 is 0 Å². The number of allylic oxidation sites excluding steroid dienone is 2. The molecule has 0 N–H and O–H groups in total. The van der Waals surface area contributed by atoms with Gasteiger partial charge in [-0.15, -0.1) is 0 Å². The van der Waals surface area contributed by atoms with Crippen molar-refractivity contribution in [2.75, 3.05) is 6.61 Å². The van der Waals surface area contributed by atoms with Crippen LogP contribution in [0.25, 0.3) is 6.08 Å². The summed E-state index contributed by atoms with van der Waals surface area (Å²) in [7, 11) is 0. The molecular weight excluding hydrogens is 355 g/mol. The van der Waals surface area contributed by atoms with Crippen LogP contribution in [0.1, 0.15) is 41.3 Å². The van der Waals surface area contributed by atoms with Gasteiger partial charge in [-0.3, -0.25) is 4.79 Å². The zero-order chi connectivity index (χ0) is 19.9. The number of carbonyl (C=O) groups is 2. The molecule has 28 heavy (non-hydrogen) atoms. The van der Waals surface area contributed by atoms with E-state index in [9.17, 15) is 14.0 Å². The molecule has 4 heteroatoms. The molecule has 0 saturated carbocycles. The Balaban J connectivity index is 1.53. The first-order valence-corrected chi connectivity index (χ1v) is 9.43. The van der Waals surface area contributed by atoms with Crippen LogP contribution in [0.3, 0.4) is 0 Å². The predicted octanol–water partition coefficient (Wildman–Crippen LogP) is 5.22. The average molecular weight is 378 g/mol. The Bertz CT molecular complexity index is 879. The minimum Gasteiger partial charge on any atom is -0.462 e. The minimum absolute atomic E-state index is 0.175. The highest BCUT2D eigenvalue weighted by Crippen LogP contribution is 2.23. The summed E-state index contributed by atoms with van der Waals surface area (Å²) in [5, 5.41) is 0. The number of hydrogen-bond acceptors (Lipinski definition) is 3. The van der Waals surface area contributed by atoms with Crippen molar-refractivity contribution in [3.63, 3.8) is 0 Å². The monoisotopic (exact) mass is 378 g/mol. The van der Waals surface area contributed by atoms with Crippen LogP contribution in [0.5, 0.6) is 0 Å². The van der Waals surface area contributed by atoms with Crippen molar-refractivity contribution in [3.8, 4) is 0 Å². The second-order valence-electron chi connectivity index (χ2n) is 7.16. The Morgan fingerprint density at radius 1 is 1.07 bits per heavy atom. The number of benzene rings is 2. The molecule has 0 radical (unpaired) electrons. The van der Waals surface area contributed by atoms with Crippen molar-refractivity contribution >= 4 is 17.8 Å². The van der Waals surface area contributed by atoms with Crippen molar-refractivity contribution in [1.29, 1.82) is 0 Å². The van der Waals surface area contributed by atoms with Crippen molar-refractivity contribution in [2.45, 2.75) is 19.8 Å². The van der Waals surface area contributed by atoms with Crippen LogP contribution in [-0.2, 0) is 9.53 Å². The highest BCUT2D eigenvalue weighted by Gasteiger charge is 2.16. The summed E-state index contributed by atoms with van der Waals surface area (Å²) in [5.41, 5.74) is 1.73. The van der Waals surface area contributed by atoms with E-state index in [2.05, 4.69) is 19.1 Å². The first kappa shape index (κ1) is 19.7. The van der Waals surface area contributed by atoms with E-state index in [0.717, 1.165) is 18.4 Å². The largest absolute Gasteiger partial charge is 0.462 e. The molecule has 0 saturated heterocycles. The van der Waals surface area contributed by atoms with Crippen molar-refractivity contribution < 1.29 is 18.7 Å². The summed E-state index contributed by atoms with van der Waals surface area (Å²) in [6.45, 7) is 2.60. The highest BCUT2D eigenvalue weighted by molar-refractivity contribution is 6.09. The highest BCUT2D eigenvalue weighted by atomic mass is 19.1. The molecule has 1 aliphatic rings. The Hall–Kier alpha value is -3.01. The maximum absolute atomic E-state index is 13.0. The van der Waals surface area contributed by atoms with E-state index in [-0.39, 0.29) is 17.6 Å². The topological polar surface area (TPSA) is 43.4 Å². The lowest BCUT2D eigenvalue weighted by Gasteiger charge is -2.21. The number of rotatable bonds is 6. The lowest BCUT2D eigenvalue weighted by Crippen LogP contribution is -2.17. The second-order valence-corrected chi connectivity index (χ2v) is 7.16. The third-order valence-corrected chi connectivity index (χ3v) is 4.79. The van der Waals surface area contributed by atoms with Gasteiger partial charge in [-0.1, -0.05) is 43.3 Å². The van der Waals surface area contributed by atoms with Gasteiger partial charge in [0, 0.05) is 17.2 Å². The number of carbonyl (C=O) groups excluding carboxylic acids is 2. The van der Waals surface area contributed by atoms with Crippen LogP contribution in [0.15, 0.2) is 66.8 Å². The first-order valence-electron chi connectivity index (χ1n) is 9.43. The van der Waals surface area contributed by atoms with Crippen molar-refractivity contribution in [3.05, 3.63) is 89.3 Å². The number of halogens is 1. The number of ether oxygens (including phenoxy) is 1. The molecule has 144 valence electrons. The Labute approximate surface area is 164 Å². The first-order chi connectivity index (χ1) is 13.5. The molecule has 0 heterocycles. The van der Waals surface area contributed by atoms with E-state index in [4.69, 9.17) is 4.74 Å². The van der Waals surface area contributed by atoms with Gasteiger partial charge in [0.1, 0.15) is 5.82 Å². The van der Waals surface area contributed by atoms with Crippen LogP contribution in [0.2, 0.25) is 0 Å². The van der Waals surface area contributed by atoms with E-state index in [1.165, 1.54) is 30.3 Å². The molecule has 3 nitrogen and oxygen atoms in total. The van der Waals surface area contributed by atoms with E-state index in [1.54, 1.807) is 30.3 Å². The normalized spacial score (nSPS) is 18.9. The molecule has 1 aliphatic carbocycles. The fourth-order valence-corrected chi connectivity index (χ4v) is 3.27. The molecule has 0 spiro atoms. The van der Waals surface area contributed by atoms with E-state index in [1.807, 2.05) is 0 Å². The summed E-state index contributed by atoms with van der Waals surface area (Å²) < 4.78 is 18.3. The summed E-state index contributed by atoms with van der Waals surface area (Å²) in [5.74, 6) is -0.00371. The van der Waals surface area contributed by atoms with E-state index < -0.39 is 0 Å². The Kier molecular flexibility index (Phi) is 6.53. The SMILES string of the molecule is CC1C=CCC(COC(=O)/C=C/c2ccc(C(=O)c3ccc(F)cc3)cc2)C1. The summed E-state index contributed by atoms with van der Waals surface area (Å²) >= 11 is 0. The predicted molar refractivity (Wildman–Crippen MR) is 107 cm³/mol. The Morgan fingerprint density at radius 3 is 2.36 bits per heavy atom. The molecule has 0 amide bonds. The smallest absolute Gasteiger partial charge is 0.330 e. The number of hydrogen-bond donors (Lipinski definition) is 0. The third-order valence-electron chi connectivity index (χ3n) is 4.79. The lowest BCUT2D eigenvalue weighted by atomic mass is 9.88. The quantitative estimate of drug-likeness (QED) is 0.300. The molecule has 2 unspecified atom stereocenters. The zero-order valence-corrected chi connectivity index (χ0v) is 15.8. The van der Waals surface area contributed by atoms with Gasteiger partial charge < -0.3 is 4.74 Å². The molecule has 2 aromatic rings. The van der Waals surface area contributed by atoms with Gasteiger partial charge in [0.15, 0.2) is 5.78 Å². The van der Waals surface area contributed by atoms with Gasteiger partial charge in [-0.2, -0.15) is 0 Å². The van der Waals surface area contributed by atoms with Crippen LogP contribution < -0.4 is 0 Å². The summed E-state index contributed by atoms with van der Waals surface area (Å²) in [6.07, 6.45) is 9.40. The summed E-state index contributed by atoms with van der Waals surface area (Å²) in [4.78, 5) is 24.3. The van der Waals surface area contributed by atoms with Crippen molar-refractivity contribution in [2.24, 2.45) is 11.8 Å². The lowest BCUT2D eigenvalue weighted by molar-refractivity contribution is -0.139. The molecule has 0 aromatic heterocycles. The van der Waals surface area contributed by atoms with Gasteiger partial charge in [-0.05, 0) is 60.6 Å². The number of ketones is 1. The molecule has 2 atom stereocenters. The van der Waals surface area contributed by atoms with Crippen LogP contribution >= 0.6 is 0 Å². The molecular formula is C24H23FO3. The summed E-state index contributed by atoms with van der Waals surface area (Å²) in [6, 6.07) is 12.3. The number of esters is 1. The molecule has 0 bridgehead atoms. The average Bonchev–Trinajstić information content (AvgIpc) is 2.71. The van der Waals surface area contributed by atoms with E-state index in [0.29, 0.717) is 29.6 Å². The van der Waals surface area contributed by atoms with Gasteiger partial charge in [0.2, 0.25) is 0 Å². The second kappa shape index (κ2) is 9.27. The fraction of sp³-hybridized carbons (Fsp3) is 0.250. The van der Waals surface area contributed by atoms with Gasteiger partial charge in [0.25, 0.3) is 0 Å². The van der Waals surface area contributed by atoms with Gasteiger partial charge in [-0.25, -0.2) is 9.18 Å². The third kappa shape index (κ3) is 5.49. The maximum Gasteiger partial charge on any atom is 0.330 e. The standard InChI is InChI=1S/C24H23FO3/c1-17-3-2-4-19(15-17)16-28-23(26)14-7-18-5-8-20(9-6-18)24(27)21-10-12-22(25)13-11-21/h2-3,5-14,17,19H,4,15-16H2,1H3/b14-7+. The van der Waals surface area contributed by atoms with Crippen molar-refractivity contribution in [1.82, 2.24) is 0 Å². The minimum atomic E-state index is -0.376. The van der Waals surface area contributed by atoms with Crippen LogP contribution in [0, 0.1) is 17.7 Å². The fourth-order valence-electron chi connectivity index (χ4n) is 3.27. The molecule has 0 fully saturated rings. The molecule has 0 aliphatic heterocycles. The molecule has 3 rings (SSSR count). The van der Waals surface area contributed by atoms with Crippen LogP contribution in [-0.4, -0.2) is 18.4 Å². The van der Waals surface area contributed by atoms with Crippen LogP contribution in [0.4, 0.5) is 4.39 Å². The Morgan fingerprint density at radius 2 is 1.71 bits per heavy atom. The molecule has 2 aromatic carbocycles.